The average Bonchev–Trinajstić information content (AvgIpc) is 2.65. The second-order valence-corrected chi connectivity index (χ2v) is 6.18. The zero-order valence-corrected chi connectivity index (χ0v) is 12.2. The quantitative estimate of drug-likeness (QED) is 0.843. The molecule has 1 aromatic heterocycles. The van der Waals surface area contributed by atoms with Crippen molar-refractivity contribution >= 4 is 16.0 Å². The minimum absolute atomic E-state index is 0.0472. The Hall–Kier alpha value is -1.41. The van der Waals surface area contributed by atoms with Gasteiger partial charge < -0.3 is 9.63 Å². The van der Waals surface area contributed by atoms with Gasteiger partial charge in [-0.2, -0.15) is 4.31 Å². The summed E-state index contributed by atoms with van der Waals surface area (Å²) in [6.45, 7) is 5.88. The first-order valence-corrected chi connectivity index (χ1v) is 7.32. The maximum Gasteiger partial charge on any atom is 0.318 e. The van der Waals surface area contributed by atoms with Gasteiger partial charge in [-0.3, -0.25) is 4.79 Å². The number of carboxylic acid groups (broad SMARTS) is 1. The van der Waals surface area contributed by atoms with Crippen LogP contribution in [0.1, 0.15) is 31.7 Å². The number of rotatable bonds is 6. The monoisotopic (exact) mass is 290 g/mol. The topological polar surface area (TPSA) is 101 Å². The third-order valence-electron chi connectivity index (χ3n) is 2.91. The van der Waals surface area contributed by atoms with Crippen LogP contribution in [-0.4, -0.2) is 41.5 Å². The Bertz CT molecular complexity index is 544. The zero-order chi connectivity index (χ0) is 14.8. The molecule has 19 heavy (non-hydrogen) atoms. The fourth-order valence-corrected chi connectivity index (χ4v) is 3.72. The highest BCUT2D eigenvalue weighted by molar-refractivity contribution is 7.89. The van der Waals surface area contributed by atoms with Crippen LogP contribution in [0.25, 0.3) is 0 Å². The Labute approximate surface area is 112 Å². The second kappa shape index (κ2) is 5.70. The fourth-order valence-electron chi connectivity index (χ4n) is 1.77. The lowest BCUT2D eigenvalue weighted by Crippen LogP contribution is -2.42. The molecule has 1 N–H and O–H groups in total. The van der Waals surface area contributed by atoms with Crippen molar-refractivity contribution in [1.82, 2.24) is 9.46 Å². The van der Waals surface area contributed by atoms with E-state index in [0.717, 1.165) is 4.31 Å². The molecule has 0 fully saturated rings. The predicted molar refractivity (Wildman–Crippen MR) is 67.3 cm³/mol. The van der Waals surface area contributed by atoms with Gasteiger partial charge in [-0.1, -0.05) is 12.1 Å². The van der Waals surface area contributed by atoms with Gasteiger partial charge in [-0.15, -0.1) is 0 Å². The number of aliphatic carboxylic acids is 1. The standard InChI is InChI=1S/C11H18N2O5S/c1-5-7(2)13(6-10(14)15)19(16,17)11-8(3)12-18-9(11)4/h7H,5-6H2,1-4H3,(H,14,15). The van der Waals surface area contributed by atoms with Gasteiger partial charge in [-0.25, -0.2) is 8.42 Å². The number of aromatic nitrogens is 1. The Morgan fingerprint density at radius 1 is 1.47 bits per heavy atom. The van der Waals surface area contributed by atoms with Crippen LogP contribution in [0.4, 0.5) is 0 Å². The number of hydrogen-bond donors (Lipinski definition) is 1. The molecule has 1 unspecified atom stereocenters. The first kappa shape index (κ1) is 15.6. The summed E-state index contributed by atoms with van der Waals surface area (Å²) in [6, 6.07) is -0.421. The maximum absolute atomic E-state index is 12.5. The molecule has 0 saturated heterocycles. The molecule has 0 amide bonds. The van der Waals surface area contributed by atoms with Crippen molar-refractivity contribution in [2.45, 2.75) is 45.1 Å². The molecule has 0 aliphatic rings. The van der Waals surface area contributed by atoms with Crippen molar-refractivity contribution in [2.75, 3.05) is 6.54 Å². The molecule has 1 rings (SSSR count). The number of aryl methyl sites for hydroxylation is 2. The third-order valence-corrected chi connectivity index (χ3v) is 5.11. The van der Waals surface area contributed by atoms with Gasteiger partial charge in [0, 0.05) is 6.04 Å². The van der Waals surface area contributed by atoms with E-state index in [0.29, 0.717) is 6.42 Å². The smallest absolute Gasteiger partial charge is 0.318 e. The lowest BCUT2D eigenvalue weighted by atomic mass is 10.2. The van der Waals surface area contributed by atoms with E-state index in [1.165, 1.54) is 13.8 Å². The highest BCUT2D eigenvalue weighted by Crippen LogP contribution is 2.25. The van der Waals surface area contributed by atoms with Gasteiger partial charge >= 0.3 is 5.97 Å². The minimum atomic E-state index is -3.93. The van der Waals surface area contributed by atoms with E-state index in [9.17, 15) is 13.2 Å². The van der Waals surface area contributed by atoms with Gasteiger partial charge in [0.25, 0.3) is 0 Å². The molecular weight excluding hydrogens is 272 g/mol. The van der Waals surface area contributed by atoms with E-state index in [1.54, 1.807) is 13.8 Å². The van der Waals surface area contributed by atoms with Crippen LogP contribution in [0.15, 0.2) is 9.42 Å². The maximum atomic E-state index is 12.5. The highest BCUT2D eigenvalue weighted by Gasteiger charge is 2.34. The van der Waals surface area contributed by atoms with E-state index >= 15 is 0 Å². The summed E-state index contributed by atoms with van der Waals surface area (Å²) in [6.07, 6.45) is 0.510. The van der Waals surface area contributed by atoms with Crippen molar-refractivity contribution < 1.29 is 22.8 Å². The number of carbonyl (C=O) groups is 1. The van der Waals surface area contributed by atoms with Gasteiger partial charge in [0.2, 0.25) is 10.0 Å². The first-order valence-electron chi connectivity index (χ1n) is 5.88. The Kier molecular flexibility index (Phi) is 4.70. The molecule has 8 heteroatoms. The molecule has 0 bridgehead atoms. The molecule has 0 radical (unpaired) electrons. The number of hydrogen-bond acceptors (Lipinski definition) is 5. The molecule has 0 spiro atoms. The summed E-state index contributed by atoms with van der Waals surface area (Å²) >= 11 is 0. The number of nitrogens with zero attached hydrogens (tertiary/aromatic N) is 2. The highest BCUT2D eigenvalue weighted by atomic mass is 32.2. The average molecular weight is 290 g/mol. The molecule has 108 valence electrons. The molecular formula is C11H18N2O5S. The van der Waals surface area contributed by atoms with E-state index in [-0.39, 0.29) is 16.3 Å². The Morgan fingerprint density at radius 2 is 2.05 bits per heavy atom. The number of carboxylic acids is 1. The SMILES string of the molecule is CCC(C)N(CC(=O)O)S(=O)(=O)c1c(C)noc1C. The van der Waals surface area contributed by atoms with E-state index in [4.69, 9.17) is 9.63 Å². The Balaban J connectivity index is 3.31. The van der Waals surface area contributed by atoms with Crippen molar-refractivity contribution in [3.8, 4) is 0 Å². The normalized spacial score (nSPS) is 13.7. The molecule has 0 aromatic carbocycles. The number of sulfonamides is 1. The van der Waals surface area contributed by atoms with Crippen LogP contribution < -0.4 is 0 Å². The van der Waals surface area contributed by atoms with E-state index in [2.05, 4.69) is 5.16 Å². The van der Waals surface area contributed by atoms with Crippen LogP contribution in [0, 0.1) is 13.8 Å². The Morgan fingerprint density at radius 3 is 2.42 bits per heavy atom. The molecule has 0 aliphatic carbocycles. The summed E-state index contributed by atoms with van der Waals surface area (Å²) < 4.78 is 30.9. The van der Waals surface area contributed by atoms with Crippen LogP contribution >= 0.6 is 0 Å². The van der Waals surface area contributed by atoms with Crippen molar-refractivity contribution in [2.24, 2.45) is 0 Å². The molecule has 7 nitrogen and oxygen atoms in total. The van der Waals surface area contributed by atoms with Crippen LogP contribution in [0.2, 0.25) is 0 Å². The van der Waals surface area contributed by atoms with Gasteiger partial charge in [0.05, 0.1) is 0 Å². The van der Waals surface area contributed by atoms with Gasteiger partial charge in [0.1, 0.15) is 17.1 Å². The molecule has 1 atom stereocenters. The zero-order valence-electron chi connectivity index (χ0n) is 11.4. The van der Waals surface area contributed by atoms with Crippen LogP contribution in [0.3, 0.4) is 0 Å². The van der Waals surface area contributed by atoms with Crippen LogP contribution in [0.5, 0.6) is 0 Å². The summed E-state index contributed by atoms with van der Waals surface area (Å²) in [5.41, 5.74) is 0.233. The van der Waals surface area contributed by atoms with E-state index < -0.39 is 28.6 Å². The molecule has 0 saturated carbocycles. The largest absolute Gasteiger partial charge is 0.480 e. The minimum Gasteiger partial charge on any atom is -0.480 e. The summed E-state index contributed by atoms with van der Waals surface area (Å²) in [7, 11) is -3.93. The van der Waals surface area contributed by atoms with Crippen molar-refractivity contribution in [1.29, 1.82) is 0 Å². The molecule has 1 heterocycles. The third kappa shape index (κ3) is 3.13. The van der Waals surface area contributed by atoms with E-state index in [1.807, 2.05) is 0 Å². The van der Waals surface area contributed by atoms with Crippen molar-refractivity contribution in [3.63, 3.8) is 0 Å². The lowest BCUT2D eigenvalue weighted by Gasteiger charge is -2.25. The van der Waals surface area contributed by atoms with Crippen LogP contribution in [-0.2, 0) is 14.8 Å². The summed E-state index contributed by atoms with van der Waals surface area (Å²) in [5.74, 6) is -1.04. The fraction of sp³-hybridized carbons (Fsp3) is 0.636. The predicted octanol–water partition coefficient (Wildman–Crippen LogP) is 1.17. The van der Waals surface area contributed by atoms with Gasteiger partial charge in [0.15, 0.2) is 5.76 Å². The summed E-state index contributed by atoms with van der Waals surface area (Å²) in [4.78, 5) is 10.8. The molecule has 1 aromatic rings. The first-order chi connectivity index (χ1) is 8.71. The van der Waals surface area contributed by atoms with Crippen molar-refractivity contribution in [3.05, 3.63) is 11.5 Å². The summed E-state index contributed by atoms with van der Waals surface area (Å²) in [5, 5.41) is 12.5. The van der Waals surface area contributed by atoms with Gasteiger partial charge in [-0.05, 0) is 27.2 Å². The second-order valence-electron chi connectivity index (χ2n) is 4.35. The molecule has 0 aliphatic heterocycles. The lowest BCUT2D eigenvalue weighted by molar-refractivity contribution is -0.137.